The van der Waals surface area contributed by atoms with Gasteiger partial charge in [-0.1, -0.05) is 42.5 Å². The van der Waals surface area contributed by atoms with Gasteiger partial charge in [0.25, 0.3) is 0 Å². The van der Waals surface area contributed by atoms with Gasteiger partial charge in [0.1, 0.15) is 0 Å². The number of ether oxygens (including phenoxy) is 1. The van der Waals surface area contributed by atoms with Crippen LogP contribution < -0.4 is 5.32 Å². The highest BCUT2D eigenvalue weighted by Crippen LogP contribution is 2.41. The normalized spacial score (nSPS) is 22.1. The zero-order valence-corrected chi connectivity index (χ0v) is 21.9. The Labute approximate surface area is 224 Å². The molecule has 8 heteroatoms. The largest absolute Gasteiger partial charge is 0.469 e. The van der Waals surface area contributed by atoms with Crippen molar-refractivity contribution in [2.75, 3.05) is 20.2 Å². The fourth-order valence-corrected chi connectivity index (χ4v) is 5.53. The number of rotatable bonds is 11. The molecular weight excluding hydrogens is 482 g/mol. The first-order valence-electron chi connectivity index (χ1n) is 13.2. The second-order valence-electron chi connectivity index (χ2n) is 10.2. The minimum atomic E-state index is -0.363. The summed E-state index contributed by atoms with van der Waals surface area (Å²) in [5, 5.41) is 12.0. The van der Waals surface area contributed by atoms with Crippen LogP contribution in [-0.4, -0.2) is 54.4 Å². The quantitative estimate of drug-likeness (QED) is 0.456. The Morgan fingerprint density at radius 2 is 1.79 bits per heavy atom. The van der Waals surface area contributed by atoms with E-state index in [4.69, 9.17) is 10.00 Å². The smallest absolute Gasteiger partial charge is 0.306 e. The minimum absolute atomic E-state index is 0. The van der Waals surface area contributed by atoms with E-state index in [1.54, 1.807) is 0 Å². The lowest BCUT2D eigenvalue weighted by Crippen LogP contribution is -2.41. The van der Waals surface area contributed by atoms with Crippen LogP contribution in [0, 0.1) is 23.2 Å². The standard InChI is InChI=1S/C30H35N3O4.H2O/c1-37-28(34)19-26-18-27(33(30(26)36)15-5-8-21-6-3-2-4-7-21)13-14-32-29(35)25-16-24(17-25)23-11-9-22(20-31)10-12-23;/h2-4,6-7,9-12,24-27H,5,8,13-19H2,1H3,(H,32,35);1H2/t24?,25?,26-,27+;/m0./s1. The summed E-state index contributed by atoms with van der Waals surface area (Å²) in [5.74, 6) is -0.284. The van der Waals surface area contributed by atoms with Crippen LogP contribution in [0.5, 0.6) is 0 Å². The molecule has 0 spiro atoms. The summed E-state index contributed by atoms with van der Waals surface area (Å²) in [5.41, 5.74) is 3.06. The zero-order chi connectivity index (χ0) is 26.2. The van der Waals surface area contributed by atoms with Crippen LogP contribution in [0.15, 0.2) is 54.6 Å². The molecule has 2 atom stereocenters. The highest BCUT2D eigenvalue weighted by Gasteiger charge is 2.40. The van der Waals surface area contributed by atoms with E-state index in [1.807, 2.05) is 47.4 Å². The molecular formula is C30H37N3O5. The highest BCUT2D eigenvalue weighted by molar-refractivity contribution is 5.86. The Morgan fingerprint density at radius 3 is 2.45 bits per heavy atom. The van der Waals surface area contributed by atoms with Gasteiger partial charge in [-0.05, 0) is 67.7 Å². The van der Waals surface area contributed by atoms with Crippen molar-refractivity contribution < 1.29 is 24.6 Å². The predicted octanol–water partition coefficient (Wildman–Crippen LogP) is 3.15. The van der Waals surface area contributed by atoms with Crippen LogP contribution >= 0.6 is 0 Å². The Hall–Kier alpha value is -3.70. The Balaban J connectivity index is 0.00000400. The first-order chi connectivity index (χ1) is 18.0. The summed E-state index contributed by atoms with van der Waals surface area (Å²) >= 11 is 0. The van der Waals surface area contributed by atoms with Crippen LogP contribution in [0.4, 0.5) is 0 Å². The van der Waals surface area contributed by atoms with Crippen molar-refractivity contribution in [2.24, 2.45) is 11.8 Å². The van der Waals surface area contributed by atoms with Gasteiger partial charge < -0.3 is 20.4 Å². The maximum absolute atomic E-state index is 13.1. The predicted molar refractivity (Wildman–Crippen MR) is 143 cm³/mol. The highest BCUT2D eigenvalue weighted by atomic mass is 16.5. The number of aryl methyl sites for hydroxylation is 1. The lowest BCUT2D eigenvalue weighted by atomic mass is 9.71. The molecule has 2 fully saturated rings. The molecule has 2 aromatic rings. The molecule has 4 rings (SSSR count). The van der Waals surface area contributed by atoms with E-state index in [2.05, 4.69) is 23.5 Å². The molecule has 1 aliphatic carbocycles. The summed E-state index contributed by atoms with van der Waals surface area (Å²) in [6.45, 7) is 1.15. The van der Waals surface area contributed by atoms with Gasteiger partial charge in [-0.3, -0.25) is 14.4 Å². The van der Waals surface area contributed by atoms with Crippen molar-refractivity contribution in [1.82, 2.24) is 10.2 Å². The van der Waals surface area contributed by atoms with Crippen LogP contribution in [0.3, 0.4) is 0 Å². The van der Waals surface area contributed by atoms with Crippen LogP contribution in [-0.2, 0) is 25.5 Å². The second-order valence-corrected chi connectivity index (χ2v) is 10.2. The summed E-state index contributed by atoms with van der Waals surface area (Å²) < 4.78 is 4.80. The van der Waals surface area contributed by atoms with Crippen LogP contribution in [0.1, 0.15) is 61.1 Å². The van der Waals surface area contributed by atoms with Gasteiger partial charge in [0.2, 0.25) is 11.8 Å². The number of methoxy groups -OCH3 is 1. The third-order valence-corrected chi connectivity index (χ3v) is 7.77. The first kappa shape index (κ1) is 28.9. The number of amides is 2. The van der Waals surface area contributed by atoms with Gasteiger partial charge in [0, 0.05) is 25.0 Å². The third kappa shape index (κ3) is 7.20. The van der Waals surface area contributed by atoms with E-state index in [0.717, 1.165) is 25.7 Å². The van der Waals surface area contributed by atoms with Crippen molar-refractivity contribution in [3.63, 3.8) is 0 Å². The fraction of sp³-hybridized carbons (Fsp3) is 0.467. The lowest BCUT2D eigenvalue weighted by Gasteiger charge is -2.34. The SMILES string of the molecule is COC(=O)C[C@@H]1C[C@@H](CCNC(=O)C2CC(c3ccc(C#N)cc3)C2)N(CCCc2ccccc2)C1=O.O. The van der Waals surface area contributed by atoms with Crippen molar-refractivity contribution in [1.29, 1.82) is 5.26 Å². The summed E-state index contributed by atoms with van der Waals surface area (Å²) in [4.78, 5) is 39.5. The van der Waals surface area contributed by atoms with Crippen molar-refractivity contribution >= 4 is 17.8 Å². The summed E-state index contributed by atoms with van der Waals surface area (Å²) in [7, 11) is 1.35. The molecule has 0 aromatic heterocycles. The monoisotopic (exact) mass is 519 g/mol. The van der Waals surface area contributed by atoms with Crippen molar-refractivity contribution in [3.05, 3.63) is 71.3 Å². The molecule has 1 saturated heterocycles. The Kier molecular flexibility index (Phi) is 10.4. The number of likely N-dealkylation sites (tertiary alicyclic amines) is 1. The van der Waals surface area contributed by atoms with E-state index in [-0.39, 0.29) is 47.6 Å². The Morgan fingerprint density at radius 1 is 1.08 bits per heavy atom. The van der Waals surface area contributed by atoms with Crippen LogP contribution in [0.2, 0.25) is 0 Å². The molecule has 0 unspecified atom stereocenters. The molecule has 1 aliphatic heterocycles. The molecule has 202 valence electrons. The Bertz CT molecular complexity index is 1120. The lowest BCUT2D eigenvalue weighted by molar-refractivity contribution is -0.144. The van der Waals surface area contributed by atoms with Crippen molar-refractivity contribution in [3.8, 4) is 6.07 Å². The number of carbonyl (C=O) groups excluding carboxylic acids is 3. The maximum atomic E-state index is 13.1. The fourth-order valence-electron chi connectivity index (χ4n) is 5.53. The van der Waals surface area contributed by atoms with E-state index >= 15 is 0 Å². The van der Waals surface area contributed by atoms with Gasteiger partial charge in [0.15, 0.2) is 0 Å². The van der Waals surface area contributed by atoms with Gasteiger partial charge in [-0.25, -0.2) is 0 Å². The third-order valence-electron chi connectivity index (χ3n) is 7.77. The van der Waals surface area contributed by atoms with Gasteiger partial charge in [-0.15, -0.1) is 0 Å². The molecule has 2 aromatic carbocycles. The second kappa shape index (κ2) is 13.7. The topological polar surface area (TPSA) is 131 Å². The van der Waals surface area contributed by atoms with Crippen LogP contribution in [0.25, 0.3) is 0 Å². The van der Waals surface area contributed by atoms with Gasteiger partial charge in [0.05, 0.1) is 31.1 Å². The number of carbonyl (C=O) groups is 3. The first-order valence-corrected chi connectivity index (χ1v) is 13.2. The number of nitriles is 1. The number of benzene rings is 2. The average Bonchev–Trinajstić information content (AvgIpc) is 3.18. The van der Waals surface area contributed by atoms with Crippen molar-refractivity contribution in [2.45, 2.75) is 56.9 Å². The molecule has 8 nitrogen and oxygen atoms in total. The van der Waals surface area contributed by atoms with Gasteiger partial charge >= 0.3 is 5.97 Å². The molecule has 3 N–H and O–H groups in total. The van der Waals surface area contributed by atoms with E-state index in [1.165, 1.54) is 18.2 Å². The zero-order valence-electron chi connectivity index (χ0n) is 21.9. The molecule has 2 amide bonds. The number of nitrogens with zero attached hydrogens (tertiary/aromatic N) is 2. The minimum Gasteiger partial charge on any atom is -0.469 e. The van der Waals surface area contributed by atoms with Gasteiger partial charge in [-0.2, -0.15) is 5.26 Å². The van der Waals surface area contributed by atoms with E-state index < -0.39 is 0 Å². The molecule has 38 heavy (non-hydrogen) atoms. The number of hydrogen-bond donors (Lipinski definition) is 1. The number of esters is 1. The molecule has 1 heterocycles. The average molecular weight is 520 g/mol. The number of nitrogens with one attached hydrogen (secondary N) is 1. The summed E-state index contributed by atoms with van der Waals surface area (Å²) in [6.07, 6.45) is 4.75. The maximum Gasteiger partial charge on any atom is 0.306 e. The molecule has 0 bridgehead atoms. The number of hydrogen-bond acceptors (Lipinski definition) is 5. The molecule has 0 radical (unpaired) electrons. The molecule has 2 aliphatic rings. The summed E-state index contributed by atoms with van der Waals surface area (Å²) in [6, 6.07) is 19.9. The molecule has 1 saturated carbocycles. The van der Waals surface area contributed by atoms with E-state index in [0.29, 0.717) is 37.4 Å². The van der Waals surface area contributed by atoms with E-state index in [9.17, 15) is 14.4 Å².